The number of benzene rings is 7. The van der Waals surface area contributed by atoms with Crippen LogP contribution in [0.25, 0.3) is 116 Å². The van der Waals surface area contributed by atoms with Crippen LogP contribution in [-0.2, 0) is 6.42 Å². The number of aryl methyl sites for hydroxylation is 1. The summed E-state index contributed by atoms with van der Waals surface area (Å²) in [6.07, 6.45) is 6.27. The highest BCUT2D eigenvalue weighted by atomic mass is 16.3. The Labute approximate surface area is 304 Å². The molecule has 0 bridgehead atoms. The van der Waals surface area contributed by atoms with Gasteiger partial charge >= 0.3 is 0 Å². The smallest absolute Gasteiger partial charge is 0.144 e. The number of fused-ring (bicyclic) bond motifs is 11. The number of para-hydroxylation sites is 2. The third-order valence-corrected chi connectivity index (χ3v) is 11.2. The lowest BCUT2D eigenvalue weighted by molar-refractivity contribution is 0.595. The minimum Gasteiger partial charge on any atom is -0.456 e. The van der Waals surface area contributed by atoms with E-state index < -0.39 is 0 Å². The van der Waals surface area contributed by atoms with E-state index in [0.717, 1.165) is 123 Å². The summed E-state index contributed by atoms with van der Waals surface area (Å²) in [6.45, 7) is 0. The van der Waals surface area contributed by atoms with Gasteiger partial charge in [0, 0.05) is 49.4 Å². The van der Waals surface area contributed by atoms with Crippen LogP contribution in [0.2, 0.25) is 0 Å². The molecule has 1 aliphatic carbocycles. The summed E-state index contributed by atoms with van der Waals surface area (Å²) in [5.74, 6) is 0.958. The van der Waals surface area contributed by atoms with Crippen molar-refractivity contribution in [2.75, 3.05) is 0 Å². The van der Waals surface area contributed by atoms with Crippen LogP contribution in [0.5, 0.6) is 0 Å². The van der Waals surface area contributed by atoms with E-state index in [4.69, 9.17) is 13.3 Å². The standard InChI is InChI=1S/C50H28O3/c1-3-16-32-30(14-1)45(39-22-11-21-36-29-13-5-8-23-41(29)52-49(36)39)31-15-2-4-17-33(31)46(32)40-28-27-35(48-38-19-7-10-25-43(38)53-50(40)48)34-20-12-26-44-47(34)37-18-6-9-24-42(37)51-44/h1-5,8-17,20-28H,6,18H2. The summed E-state index contributed by atoms with van der Waals surface area (Å²) in [5, 5.41) is 10.00. The Hall–Kier alpha value is -7.02. The fraction of sp³-hybridized carbons (Fsp3) is 0.0400. The van der Waals surface area contributed by atoms with Gasteiger partial charge in [-0.15, -0.1) is 0 Å². The molecule has 0 saturated heterocycles. The van der Waals surface area contributed by atoms with E-state index in [1.165, 1.54) is 10.9 Å². The second kappa shape index (κ2) is 10.7. The van der Waals surface area contributed by atoms with Crippen LogP contribution < -0.4 is 0 Å². The van der Waals surface area contributed by atoms with Crippen molar-refractivity contribution in [3.8, 4) is 33.4 Å². The van der Waals surface area contributed by atoms with Crippen LogP contribution in [0.15, 0.2) is 153 Å². The van der Waals surface area contributed by atoms with Gasteiger partial charge < -0.3 is 13.3 Å². The Bertz CT molecular complexity index is 3290. The normalized spacial score (nSPS) is 12.9. The van der Waals surface area contributed by atoms with Crippen molar-refractivity contribution in [2.24, 2.45) is 0 Å². The number of furan rings is 3. The van der Waals surface area contributed by atoms with Crippen molar-refractivity contribution in [2.45, 2.75) is 12.8 Å². The first kappa shape index (κ1) is 28.7. The second-order valence-electron chi connectivity index (χ2n) is 14.0. The highest BCUT2D eigenvalue weighted by Crippen LogP contribution is 2.50. The van der Waals surface area contributed by atoms with Crippen LogP contribution in [0.1, 0.15) is 17.7 Å². The zero-order valence-corrected chi connectivity index (χ0v) is 28.5. The Balaban J connectivity index is 1.19. The SMILES string of the molecule is c1ccc2oc3c(-c4c5ccccc5c(-c5cccc6c5oc5ccccc56)c5ccccc45)ccc(-c4cccc5oc6c(c45)CCC=C6)c3c2c#1. The van der Waals surface area contributed by atoms with Crippen LogP contribution in [0.4, 0.5) is 0 Å². The third-order valence-electron chi connectivity index (χ3n) is 11.2. The van der Waals surface area contributed by atoms with Gasteiger partial charge in [-0.3, -0.25) is 0 Å². The molecule has 0 saturated carbocycles. The predicted molar refractivity (Wildman–Crippen MR) is 217 cm³/mol. The minimum atomic E-state index is 0.790. The lowest BCUT2D eigenvalue weighted by Gasteiger charge is -2.18. The van der Waals surface area contributed by atoms with E-state index in [1.54, 1.807) is 0 Å². The molecule has 53 heavy (non-hydrogen) atoms. The molecule has 246 valence electrons. The van der Waals surface area contributed by atoms with Gasteiger partial charge in [-0.25, -0.2) is 0 Å². The molecule has 0 atom stereocenters. The Morgan fingerprint density at radius 3 is 1.85 bits per heavy atom. The summed E-state index contributed by atoms with van der Waals surface area (Å²) in [5.41, 5.74) is 12.3. The van der Waals surface area contributed by atoms with E-state index in [0.29, 0.717) is 0 Å². The molecule has 0 spiro atoms. The van der Waals surface area contributed by atoms with Crippen LogP contribution in [0, 0.1) is 12.1 Å². The molecule has 3 heterocycles. The number of hydrogen-bond acceptors (Lipinski definition) is 3. The first-order valence-corrected chi connectivity index (χ1v) is 18.2. The molecule has 0 radical (unpaired) electrons. The van der Waals surface area contributed by atoms with E-state index in [1.807, 2.05) is 18.2 Å². The summed E-state index contributed by atoms with van der Waals surface area (Å²) >= 11 is 0. The molecule has 0 aliphatic heterocycles. The minimum absolute atomic E-state index is 0.790. The average molecular weight is 677 g/mol. The van der Waals surface area contributed by atoms with E-state index >= 15 is 0 Å². The maximum absolute atomic E-state index is 6.91. The van der Waals surface area contributed by atoms with Crippen molar-refractivity contribution in [1.82, 2.24) is 0 Å². The number of hydrogen-bond donors (Lipinski definition) is 0. The molecular weight excluding hydrogens is 649 g/mol. The van der Waals surface area contributed by atoms with Crippen molar-refractivity contribution in [3.63, 3.8) is 0 Å². The van der Waals surface area contributed by atoms with Gasteiger partial charge in [-0.05, 0) is 81.9 Å². The Morgan fingerprint density at radius 1 is 0.453 bits per heavy atom. The molecule has 0 N–H and O–H groups in total. The molecule has 0 amide bonds. The maximum atomic E-state index is 6.91. The molecule has 12 rings (SSSR count). The molecule has 8 aromatic carbocycles. The van der Waals surface area contributed by atoms with Gasteiger partial charge in [0.1, 0.15) is 33.7 Å². The second-order valence-corrected chi connectivity index (χ2v) is 14.0. The molecule has 3 nitrogen and oxygen atoms in total. The monoisotopic (exact) mass is 676 g/mol. The average Bonchev–Trinajstić information content (AvgIpc) is 3.92. The zero-order valence-electron chi connectivity index (χ0n) is 28.5. The topological polar surface area (TPSA) is 39.4 Å². The summed E-state index contributed by atoms with van der Waals surface area (Å²) in [7, 11) is 0. The van der Waals surface area contributed by atoms with E-state index in [-0.39, 0.29) is 0 Å². The predicted octanol–water partition coefficient (Wildman–Crippen LogP) is 14.1. The molecule has 3 aromatic heterocycles. The fourth-order valence-electron chi connectivity index (χ4n) is 9.02. The van der Waals surface area contributed by atoms with Gasteiger partial charge in [-0.2, -0.15) is 0 Å². The quantitative estimate of drug-likeness (QED) is 0.175. The maximum Gasteiger partial charge on any atom is 0.144 e. The van der Waals surface area contributed by atoms with Crippen molar-refractivity contribution >= 4 is 82.5 Å². The summed E-state index contributed by atoms with van der Waals surface area (Å²) < 4.78 is 19.9. The highest BCUT2D eigenvalue weighted by molar-refractivity contribution is 6.27. The third kappa shape index (κ3) is 3.95. The van der Waals surface area contributed by atoms with Crippen molar-refractivity contribution in [1.29, 1.82) is 0 Å². The number of rotatable bonds is 3. The molecule has 0 fully saturated rings. The van der Waals surface area contributed by atoms with Gasteiger partial charge in [0.2, 0.25) is 0 Å². The summed E-state index contributed by atoms with van der Waals surface area (Å²) in [6, 6.07) is 53.8. The van der Waals surface area contributed by atoms with Gasteiger partial charge in [0.05, 0.1) is 5.39 Å². The Kier molecular flexibility index (Phi) is 5.81. The Morgan fingerprint density at radius 2 is 1.06 bits per heavy atom. The molecule has 3 heteroatoms. The highest BCUT2D eigenvalue weighted by Gasteiger charge is 2.25. The first-order chi connectivity index (χ1) is 26.3. The van der Waals surface area contributed by atoms with Gasteiger partial charge in [0.25, 0.3) is 0 Å². The van der Waals surface area contributed by atoms with Gasteiger partial charge in [0.15, 0.2) is 0 Å². The van der Waals surface area contributed by atoms with Crippen LogP contribution >= 0.6 is 0 Å². The van der Waals surface area contributed by atoms with Crippen molar-refractivity contribution in [3.05, 3.63) is 163 Å². The largest absolute Gasteiger partial charge is 0.456 e. The lowest BCUT2D eigenvalue weighted by Crippen LogP contribution is -1.93. The molecule has 11 aromatic rings. The van der Waals surface area contributed by atoms with Crippen LogP contribution in [-0.4, -0.2) is 0 Å². The lowest BCUT2D eigenvalue weighted by atomic mass is 9.84. The van der Waals surface area contributed by atoms with Crippen molar-refractivity contribution < 1.29 is 13.3 Å². The number of allylic oxidation sites excluding steroid dienone is 1. The fourth-order valence-corrected chi connectivity index (χ4v) is 9.02. The molecule has 0 unspecified atom stereocenters. The van der Waals surface area contributed by atoms with E-state index in [9.17, 15) is 0 Å². The first-order valence-electron chi connectivity index (χ1n) is 18.2. The van der Waals surface area contributed by atoms with Crippen LogP contribution in [0.3, 0.4) is 0 Å². The summed E-state index contributed by atoms with van der Waals surface area (Å²) in [4.78, 5) is 0. The molecule has 1 aliphatic rings. The van der Waals surface area contributed by atoms with Gasteiger partial charge in [-0.1, -0.05) is 121 Å². The zero-order chi connectivity index (χ0) is 34.6. The van der Waals surface area contributed by atoms with E-state index in [2.05, 4.69) is 140 Å². The molecular formula is C50H28O3.